The normalized spacial score (nSPS) is 16.3. The molecule has 2 heterocycles. The highest BCUT2D eigenvalue weighted by atomic mass is 16.5. The third kappa shape index (κ3) is 5.03. The minimum absolute atomic E-state index is 0.00316. The van der Waals surface area contributed by atoms with Crippen molar-refractivity contribution in [1.29, 1.82) is 0 Å². The molecule has 7 heteroatoms. The summed E-state index contributed by atoms with van der Waals surface area (Å²) in [4.78, 5) is 18.2. The summed E-state index contributed by atoms with van der Waals surface area (Å²) in [5.74, 6) is 1.51. The van der Waals surface area contributed by atoms with E-state index in [1.807, 2.05) is 48.3 Å². The molecule has 1 aliphatic rings. The number of rotatable bonds is 5. The van der Waals surface area contributed by atoms with Gasteiger partial charge in [0.25, 0.3) is 0 Å². The van der Waals surface area contributed by atoms with Crippen LogP contribution >= 0.6 is 0 Å². The summed E-state index contributed by atoms with van der Waals surface area (Å²) in [6.45, 7) is 1.38. The fraction of sp³-hybridized carbons (Fsp3) is 0.400. The zero-order valence-corrected chi connectivity index (χ0v) is 16.1. The Balaban J connectivity index is 1.74. The first-order valence-corrected chi connectivity index (χ1v) is 9.10. The first-order valence-electron chi connectivity index (χ1n) is 9.10. The molecule has 144 valence electrons. The maximum Gasteiger partial charge on any atom is 0.241 e. The topological polar surface area (TPSA) is 70.9 Å². The molecule has 2 aromatic rings. The molecular formula is C20H27N5O2. The summed E-state index contributed by atoms with van der Waals surface area (Å²) < 4.78 is 7.73. The standard InChI is InChI=1S/C20H27N5O2/c1-24(2)19(26)13-22-20(21-12-15-8-10-25(3)14-15)23-17-9-11-27-18-7-5-4-6-16(17)18/h4-8,10,14,17H,9,11-13H2,1-3H3,(H2,21,22,23). The monoisotopic (exact) mass is 369 g/mol. The second-order valence-corrected chi connectivity index (χ2v) is 6.86. The van der Waals surface area contributed by atoms with E-state index in [1.54, 1.807) is 19.0 Å². The minimum Gasteiger partial charge on any atom is -0.493 e. The average molecular weight is 369 g/mol. The smallest absolute Gasteiger partial charge is 0.241 e. The van der Waals surface area contributed by atoms with Crippen LogP contribution in [0.3, 0.4) is 0 Å². The maximum atomic E-state index is 12.0. The summed E-state index contributed by atoms with van der Waals surface area (Å²) in [6, 6.07) is 10.1. The summed E-state index contributed by atoms with van der Waals surface area (Å²) >= 11 is 0. The van der Waals surface area contributed by atoms with Crippen LogP contribution < -0.4 is 15.4 Å². The molecule has 0 fully saturated rings. The molecule has 0 aliphatic carbocycles. The molecule has 7 nitrogen and oxygen atoms in total. The highest BCUT2D eigenvalue weighted by Gasteiger charge is 2.22. The van der Waals surface area contributed by atoms with E-state index >= 15 is 0 Å². The summed E-state index contributed by atoms with van der Waals surface area (Å²) in [5, 5.41) is 6.62. The molecule has 2 N–H and O–H groups in total. The molecule has 1 unspecified atom stereocenters. The molecule has 1 aliphatic heterocycles. The van der Waals surface area contributed by atoms with Crippen LogP contribution in [0.2, 0.25) is 0 Å². The van der Waals surface area contributed by atoms with Crippen molar-refractivity contribution in [1.82, 2.24) is 20.1 Å². The fourth-order valence-corrected chi connectivity index (χ4v) is 2.95. The number of aliphatic imine (C=N–C) groups is 1. The van der Waals surface area contributed by atoms with E-state index in [-0.39, 0.29) is 18.5 Å². The predicted molar refractivity (Wildman–Crippen MR) is 106 cm³/mol. The number of benzene rings is 1. The SMILES string of the molecule is CN(C)C(=O)CNC(=NCc1ccn(C)c1)NC1CCOc2ccccc21. The van der Waals surface area contributed by atoms with Gasteiger partial charge in [0.1, 0.15) is 5.75 Å². The summed E-state index contributed by atoms with van der Waals surface area (Å²) in [6.07, 6.45) is 4.87. The summed E-state index contributed by atoms with van der Waals surface area (Å²) in [7, 11) is 5.47. The van der Waals surface area contributed by atoms with Crippen molar-refractivity contribution in [2.45, 2.75) is 19.0 Å². The molecule has 0 saturated carbocycles. The fourth-order valence-electron chi connectivity index (χ4n) is 2.95. The second-order valence-electron chi connectivity index (χ2n) is 6.86. The van der Waals surface area contributed by atoms with Crippen molar-refractivity contribution in [3.63, 3.8) is 0 Å². The first kappa shape index (κ1) is 18.8. The Kier molecular flexibility index (Phi) is 6.01. The van der Waals surface area contributed by atoms with Crippen LogP contribution in [0, 0.1) is 0 Å². The van der Waals surface area contributed by atoms with E-state index in [0.29, 0.717) is 19.1 Å². The van der Waals surface area contributed by atoms with Gasteiger partial charge in [-0.1, -0.05) is 18.2 Å². The number of fused-ring (bicyclic) bond motifs is 1. The van der Waals surface area contributed by atoms with Crippen LogP contribution in [0.1, 0.15) is 23.6 Å². The lowest BCUT2D eigenvalue weighted by Gasteiger charge is -2.28. The van der Waals surface area contributed by atoms with Gasteiger partial charge in [0, 0.05) is 45.5 Å². The Morgan fingerprint density at radius 2 is 2.15 bits per heavy atom. The van der Waals surface area contributed by atoms with Gasteiger partial charge in [0.2, 0.25) is 5.91 Å². The zero-order valence-electron chi connectivity index (χ0n) is 16.1. The molecule has 3 rings (SSSR count). The Bertz CT molecular complexity index is 812. The van der Waals surface area contributed by atoms with Gasteiger partial charge in [0.15, 0.2) is 5.96 Å². The van der Waals surface area contributed by atoms with Crippen molar-refractivity contribution in [3.05, 3.63) is 53.9 Å². The van der Waals surface area contributed by atoms with Gasteiger partial charge in [-0.25, -0.2) is 4.99 Å². The number of carbonyl (C=O) groups excluding carboxylic acids is 1. The van der Waals surface area contributed by atoms with Crippen LogP contribution in [-0.2, 0) is 18.4 Å². The van der Waals surface area contributed by atoms with Gasteiger partial charge in [0.05, 0.1) is 25.7 Å². The number of para-hydroxylation sites is 1. The molecule has 0 saturated heterocycles. The van der Waals surface area contributed by atoms with Crippen molar-refractivity contribution in [3.8, 4) is 5.75 Å². The highest BCUT2D eigenvalue weighted by Crippen LogP contribution is 2.31. The van der Waals surface area contributed by atoms with Crippen molar-refractivity contribution in [2.24, 2.45) is 12.0 Å². The number of ether oxygens (including phenoxy) is 1. The van der Waals surface area contributed by atoms with Crippen LogP contribution in [-0.4, -0.2) is 48.6 Å². The number of guanidine groups is 1. The number of likely N-dealkylation sites (N-methyl/N-ethyl adjacent to an activating group) is 1. The first-order chi connectivity index (χ1) is 13.0. The lowest BCUT2D eigenvalue weighted by Crippen LogP contribution is -2.45. The number of aryl methyl sites for hydroxylation is 1. The van der Waals surface area contributed by atoms with Gasteiger partial charge in [-0.15, -0.1) is 0 Å². The van der Waals surface area contributed by atoms with Crippen molar-refractivity contribution < 1.29 is 9.53 Å². The van der Waals surface area contributed by atoms with Gasteiger partial charge in [-0.3, -0.25) is 4.79 Å². The van der Waals surface area contributed by atoms with E-state index in [9.17, 15) is 4.79 Å². The Labute approximate surface area is 160 Å². The highest BCUT2D eigenvalue weighted by molar-refractivity contribution is 5.86. The average Bonchev–Trinajstić information content (AvgIpc) is 3.09. The van der Waals surface area contributed by atoms with Gasteiger partial charge >= 0.3 is 0 Å². The van der Waals surface area contributed by atoms with Crippen LogP contribution in [0.25, 0.3) is 0 Å². The zero-order chi connectivity index (χ0) is 19.2. The number of aromatic nitrogens is 1. The molecule has 1 amide bonds. The summed E-state index contributed by atoms with van der Waals surface area (Å²) in [5.41, 5.74) is 2.22. The predicted octanol–water partition coefficient (Wildman–Crippen LogP) is 1.67. The molecule has 0 spiro atoms. The number of hydrogen-bond donors (Lipinski definition) is 2. The maximum absolute atomic E-state index is 12.0. The number of nitrogens with one attached hydrogen (secondary N) is 2. The molecular weight excluding hydrogens is 342 g/mol. The number of hydrogen-bond acceptors (Lipinski definition) is 3. The van der Waals surface area contributed by atoms with E-state index in [1.165, 1.54) is 0 Å². The number of nitrogens with zero attached hydrogens (tertiary/aromatic N) is 3. The van der Waals surface area contributed by atoms with Crippen LogP contribution in [0.4, 0.5) is 0 Å². The number of amides is 1. The Morgan fingerprint density at radius 3 is 2.89 bits per heavy atom. The Hall–Kier alpha value is -2.96. The van der Waals surface area contributed by atoms with Crippen molar-refractivity contribution >= 4 is 11.9 Å². The molecule has 1 aromatic carbocycles. The van der Waals surface area contributed by atoms with E-state index in [0.717, 1.165) is 23.3 Å². The third-order valence-electron chi connectivity index (χ3n) is 4.49. The van der Waals surface area contributed by atoms with E-state index < -0.39 is 0 Å². The quantitative estimate of drug-likeness (QED) is 0.621. The van der Waals surface area contributed by atoms with Crippen LogP contribution in [0.5, 0.6) is 5.75 Å². The lowest BCUT2D eigenvalue weighted by atomic mass is 10.0. The van der Waals surface area contributed by atoms with Gasteiger partial charge < -0.3 is 24.8 Å². The third-order valence-corrected chi connectivity index (χ3v) is 4.49. The lowest BCUT2D eigenvalue weighted by molar-refractivity contribution is -0.127. The Morgan fingerprint density at radius 1 is 1.33 bits per heavy atom. The molecule has 27 heavy (non-hydrogen) atoms. The van der Waals surface area contributed by atoms with Crippen molar-refractivity contribution in [2.75, 3.05) is 27.2 Å². The largest absolute Gasteiger partial charge is 0.493 e. The van der Waals surface area contributed by atoms with Crippen LogP contribution in [0.15, 0.2) is 47.7 Å². The molecule has 1 atom stereocenters. The molecule has 0 bridgehead atoms. The molecule has 0 radical (unpaired) electrons. The van der Waals surface area contributed by atoms with Gasteiger partial charge in [-0.2, -0.15) is 0 Å². The van der Waals surface area contributed by atoms with E-state index in [4.69, 9.17) is 4.74 Å². The van der Waals surface area contributed by atoms with Gasteiger partial charge in [-0.05, 0) is 17.7 Å². The second kappa shape index (κ2) is 8.62. The van der Waals surface area contributed by atoms with E-state index in [2.05, 4.69) is 21.7 Å². The molecule has 1 aromatic heterocycles. The minimum atomic E-state index is -0.00316. The number of carbonyl (C=O) groups is 1.